The summed E-state index contributed by atoms with van der Waals surface area (Å²) in [4.78, 5) is 11.0. The van der Waals surface area contributed by atoms with Gasteiger partial charge in [0.25, 0.3) is 0 Å². The van der Waals surface area contributed by atoms with Crippen molar-refractivity contribution >= 4 is 5.97 Å². The Morgan fingerprint density at radius 3 is 1.74 bits per heavy atom. The lowest BCUT2D eigenvalue weighted by atomic mass is 10.1. The Morgan fingerprint density at radius 1 is 1.11 bits per heavy atom. The normalized spacial score (nSPS) is 12.7. The zero-order valence-electron chi connectivity index (χ0n) is 13.5. The van der Waals surface area contributed by atoms with Gasteiger partial charge in [0, 0.05) is 18.7 Å². The molecule has 19 heavy (non-hydrogen) atoms. The van der Waals surface area contributed by atoms with Gasteiger partial charge in [-0.2, -0.15) is 0 Å². The van der Waals surface area contributed by atoms with E-state index < -0.39 is 0 Å². The predicted octanol–water partition coefficient (Wildman–Crippen LogP) is 1.94. The molecule has 0 saturated carbocycles. The van der Waals surface area contributed by atoms with Crippen LogP contribution in [0.1, 0.15) is 54.9 Å². The number of esters is 1. The van der Waals surface area contributed by atoms with E-state index in [1.807, 2.05) is 18.9 Å². The van der Waals surface area contributed by atoms with Gasteiger partial charge in [0.15, 0.2) is 0 Å². The van der Waals surface area contributed by atoms with E-state index in [1.165, 1.54) is 0 Å². The lowest BCUT2D eigenvalue weighted by Gasteiger charge is -2.24. The largest absolute Gasteiger partial charge is 0.463 e. The smallest absolute Gasteiger partial charge is 0.308 e. The van der Waals surface area contributed by atoms with E-state index in [0.717, 1.165) is 0 Å². The van der Waals surface area contributed by atoms with Crippen molar-refractivity contribution in [3.63, 3.8) is 0 Å². The number of carbonyl (C=O) groups excluding carboxylic acids is 1. The molecule has 0 heterocycles. The summed E-state index contributed by atoms with van der Waals surface area (Å²) in [6, 6.07) is 0.907. The molecule has 0 aromatic heterocycles. The second-order valence-electron chi connectivity index (χ2n) is 5.53. The van der Waals surface area contributed by atoms with Crippen LogP contribution in [-0.4, -0.2) is 40.9 Å². The number of ether oxygens (including phenoxy) is 1. The third kappa shape index (κ3) is 12.1. The minimum atomic E-state index is -0.228. The van der Waals surface area contributed by atoms with Crippen molar-refractivity contribution in [1.82, 2.24) is 5.01 Å². The highest BCUT2D eigenvalue weighted by Gasteiger charge is 2.14. The summed E-state index contributed by atoms with van der Waals surface area (Å²) in [6.07, 6.45) is 0.412. The van der Waals surface area contributed by atoms with Crippen molar-refractivity contribution in [3.05, 3.63) is 0 Å². The molecule has 1 unspecified atom stereocenters. The van der Waals surface area contributed by atoms with Gasteiger partial charge in [-0.1, -0.05) is 6.92 Å². The fraction of sp³-hybridized carbons (Fsp3) is 0.929. The molecule has 0 rings (SSSR count). The van der Waals surface area contributed by atoms with Gasteiger partial charge in [0.2, 0.25) is 0 Å². The number of carbonyl (C=O) groups is 1. The highest BCUT2D eigenvalue weighted by molar-refractivity contribution is 5.72. The van der Waals surface area contributed by atoms with Crippen LogP contribution >= 0.6 is 0 Å². The zero-order valence-corrected chi connectivity index (χ0v) is 13.5. The van der Waals surface area contributed by atoms with Crippen LogP contribution in [0.3, 0.4) is 0 Å². The minimum absolute atomic E-state index is 0.0361. The van der Waals surface area contributed by atoms with Crippen LogP contribution in [0.25, 0.3) is 0 Å². The summed E-state index contributed by atoms with van der Waals surface area (Å²) in [6.45, 7) is 13.7. The highest BCUT2D eigenvalue weighted by atomic mass is 16.5. The van der Waals surface area contributed by atoms with Crippen LogP contribution in [0.15, 0.2) is 0 Å². The van der Waals surface area contributed by atoms with Crippen molar-refractivity contribution in [2.75, 3.05) is 6.61 Å². The Bertz CT molecular complexity index is 223. The molecule has 3 N–H and O–H groups in total. The number of aliphatic hydroxyl groups is 1. The number of nitrogens with zero attached hydrogens (tertiary/aromatic N) is 1. The third-order valence-corrected chi connectivity index (χ3v) is 2.51. The second-order valence-corrected chi connectivity index (χ2v) is 5.53. The van der Waals surface area contributed by atoms with Crippen molar-refractivity contribution in [2.24, 2.45) is 11.8 Å². The number of nitrogens with two attached hydrogens (primary N) is 1. The molecule has 0 radical (unpaired) electrons. The summed E-state index contributed by atoms with van der Waals surface area (Å²) in [5, 5.41) is 10.3. The van der Waals surface area contributed by atoms with Gasteiger partial charge < -0.3 is 9.84 Å². The van der Waals surface area contributed by atoms with Crippen molar-refractivity contribution in [2.45, 2.75) is 73.1 Å². The van der Waals surface area contributed by atoms with E-state index >= 15 is 0 Å². The Balaban J connectivity index is 0. The molecule has 0 bridgehead atoms. The Hall–Kier alpha value is -0.650. The first kappa shape index (κ1) is 20.7. The molecular weight excluding hydrogens is 244 g/mol. The Morgan fingerprint density at radius 2 is 1.53 bits per heavy atom. The first-order valence-electron chi connectivity index (χ1n) is 6.97. The van der Waals surface area contributed by atoms with Gasteiger partial charge in [-0.15, -0.1) is 0 Å². The van der Waals surface area contributed by atoms with Crippen LogP contribution in [0.5, 0.6) is 0 Å². The minimum Gasteiger partial charge on any atom is -0.463 e. The lowest BCUT2D eigenvalue weighted by molar-refractivity contribution is -0.152. The summed E-state index contributed by atoms with van der Waals surface area (Å²) >= 11 is 0. The first-order valence-corrected chi connectivity index (χ1v) is 6.97. The third-order valence-electron chi connectivity index (χ3n) is 2.51. The van der Waals surface area contributed by atoms with E-state index in [1.54, 1.807) is 6.92 Å². The van der Waals surface area contributed by atoms with Gasteiger partial charge in [0.1, 0.15) is 0 Å². The van der Waals surface area contributed by atoms with E-state index in [-0.39, 0.29) is 24.6 Å². The first-order chi connectivity index (χ1) is 8.63. The van der Waals surface area contributed by atoms with Gasteiger partial charge in [-0.25, -0.2) is 5.01 Å². The molecule has 0 aromatic carbocycles. The molecule has 5 nitrogen and oxygen atoms in total. The van der Waals surface area contributed by atoms with Crippen LogP contribution < -0.4 is 5.84 Å². The second kappa shape index (κ2) is 11.2. The van der Waals surface area contributed by atoms with Crippen molar-refractivity contribution in [1.29, 1.82) is 0 Å². The lowest BCUT2D eigenvalue weighted by Crippen LogP contribution is -2.42. The summed E-state index contributed by atoms with van der Waals surface area (Å²) in [5.41, 5.74) is 0. The summed E-state index contributed by atoms with van der Waals surface area (Å²) < 4.78 is 4.91. The molecule has 0 aliphatic rings. The summed E-state index contributed by atoms with van der Waals surface area (Å²) in [5.74, 6) is 5.17. The predicted molar refractivity (Wildman–Crippen MR) is 78.4 cm³/mol. The SMILES string of the molecule is CC(C)N(N)C(C)C.CC(C)OC(=O)C(C)CCO. The topological polar surface area (TPSA) is 75.8 Å². The average Bonchev–Trinajstić information content (AvgIpc) is 2.27. The summed E-state index contributed by atoms with van der Waals surface area (Å²) in [7, 11) is 0. The maximum atomic E-state index is 11.0. The van der Waals surface area contributed by atoms with E-state index in [9.17, 15) is 4.79 Å². The average molecular weight is 276 g/mol. The molecule has 0 aliphatic carbocycles. The van der Waals surface area contributed by atoms with Gasteiger partial charge in [-0.3, -0.25) is 10.6 Å². The molecule has 0 aromatic rings. The van der Waals surface area contributed by atoms with Crippen LogP contribution in [-0.2, 0) is 9.53 Å². The van der Waals surface area contributed by atoms with Crippen LogP contribution in [0.4, 0.5) is 0 Å². The quantitative estimate of drug-likeness (QED) is 0.440. The number of hydrogen-bond acceptors (Lipinski definition) is 5. The molecule has 0 amide bonds. The Labute approximate surface area is 118 Å². The van der Waals surface area contributed by atoms with E-state index in [2.05, 4.69) is 27.7 Å². The molecule has 116 valence electrons. The molecule has 0 saturated heterocycles. The maximum Gasteiger partial charge on any atom is 0.308 e. The number of rotatable bonds is 6. The van der Waals surface area contributed by atoms with Gasteiger partial charge in [-0.05, 0) is 48.0 Å². The molecular formula is C14H32N2O3. The fourth-order valence-electron chi connectivity index (χ4n) is 1.26. The molecule has 0 aliphatic heterocycles. The van der Waals surface area contributed by atoms with Gasteiger partial charge >= 0.3 is 5.97 Å². The van der Waals surface area contributed by atoms with Crippen molar-refractivity contribution in [3.8, 4) is 0 Å². The number of hydrazine groups is 1. The van der Waals surface area contributed by atoms with Gasteiger partial charge in [0.05, 0.1) is 12.0 Å². The van der Waals surface area contributed by atoms with Crippen LogP contribution in [0.2, 0.25) is 0 Å². The zero-order chi connectivity index (χ0) is 15.6. The molecule has 0 fully saturated rings. The standard InChI is InChI=1S/C8H16O3.C6H16N2/c1-6(2)11-8(10)7(3)4-5-9;1-5(2)8(7)6(3)4/h6-7,9H,4-5H2,1-3H3;5-6H,7H2,1-4H3. The maximum absolute atomic E-state index is 11.0. The molecule has 5 heteroatoms. The Kier molecular flexibility index (Phi) is 12.2. The number of hydrogen-bond donors (Lipinski definition) is 2. The number of aliphatic hydroxyl groups excluding tert-OH is 1. The van der Waals surface area contributed by atoms with E-state index in [0.29, 0.717) is 18.5 Å². The highest BCUT2D eigenvalue weighted by Crippen LogP contribution is 2.05. The molecule has 1 atom stereocenters. The van der Waals surface area contributed by atoms with Crippen molar-refractivity contribution < 1.29 is 14.6 Å². The van der Waals surface area contributed by atoms with Crippen LogP contribution in [0, 0.1) is 5.92 Å². The molecule has 0 spiro atoms. The fourth-order valence-corrected chi connectivity index (χ4v) is 1.26. The monoisotopic (exact) mass is 276 g/mol. The van der Waals surface area contributed by atoms with E-state index in [4.69, 9.17) is 15.7 Å².